The maximum atomic E-state index is 11.7. The smallest absolute Gasteiger partial charge is 0.306 e. The highest BCUT2D eigenvalue weighted by atomic mass is 16.5. The Morgan fingerprint density at radius 2 is 2.08 bits per heavy atom. The molecule has 0 N–H and O–H groups in total. The van der Waals surface area contributed by atoms with Crippen molar-refractivity contribution in [2.75, 3.05) is 6.61 Å². The van der Waals surface area contributed by atoms with Gasteiger partial charge in [0.05, 0.1) is 6.61 Å². The average Bonchev–Trinajstić information content (AvgIpc) is 2.52. The summed E-state index contributed by atoms with van der Waals surface area (Å²) in [6.45, 7) is 14.4. The van der Waals surface area contributed by atoms with E-state index in [0.717, 1.165) is 18.3 Å². The first-order valence-corrected chi connectivity index (χ1v) is 10.1. The molecule has 0 bridgehead atoms. The summed E-state index contributed by atoms with van der Waals surface area (Å²) >= 11 is 0. The van der Waals surface area contributed by atoms with Crippen molar-refractivity contribution < 1.29 is 9.53 Å². The highest BCUT2D eigenvalue weighted by Gasteiger charge is 2.52. The fourth-order valence-electron chi connectivity index (χ4n) is 5.50. The van der Waals surface area contributed by atoms with Crippen LogP contribution in [-0.2, 0) is 9.53 Å². The van der Waals surface area contributed by atoms with E-state index < -0.39 is 0 Å². The lowest BCUT2D eigenvalue weighted by atomic mass is 9.47. The van der Waals surface area contributed by atoms with Crippen LogP contribution in [0.15, 0.2) is 11.6 Å². The molecule has 0 aromatic heterocycles. The molecule has 0 aromatic carbocycles. The summed E-state index contributed by atoms with van der Waals surface area (Å²) < 4.78 is 5.12. The van der Waals surface area contributed by atoms with Crippen LogP contribution < -0.4 is 0 Å². The van der Waals surface area contributed by atoms with Gasteiger partial charge in [-0.15, -0.1) is 0 Å². The number of hydrogen-bond acceptors (Lipinski definition) is 2. The van der Waals surface area contributed by atoms with Gasteiger partial charge in [-0.1, -0.05) is 39.3 Å². The SMILES string of the molecule is CCOC(=O)CC(C)CC[C@@]1(C)[C@H](C)CC[C@@]2(C)C(C)=CCC[C@H]12. The number of esters is 1. The summed E-state index contributed by atoms with van der Waals surface area (Å²) in [4.78, 5) is 11.7. The largest absolute Gasteiger partial charge is 0.466 e. The highest BCUT2D eigenvalue weighted by molar-refractivity contribution is 5.69. The molecule has 2 aliphatic rings. The minimum atomic E-state index is -0.0341. The molecule has 24 heavy (non-hydrogen) atoms. The van der Waals surface area contributed by atoms with Crippen LogP contribution in [0.4, 0.5) is 0 Å². The molecule has 1 fully saturated rings. The maximum Gasteiger partial charge on any atom is 0.306 e. The van der Waals surface area contributed by atoms with Crippen LogP contribution in [0.3, 0.4) is 0 Å². The second-order valence-electron chi connectivity index (χ2n) is 9.03. The van der Waals surface area contributed by atoms with Gasteiger partial charge in [-0.25, -0.2) is 0 Å². The molecule has 138 valence electrons. The Labute approximate surface area is 149 Å². The number of carbonyl (C=O) groups is 1. The molecule has 1 unspecified atom stereocenters. The molecular weight excluding hydrogens is 296 g/mol. The van der Waals surface area contributed by atoms with Crippen molar-refractivity contribution in [1.82, 2.24) is 0 Å². The van der Waals surface area contributed by atoms with Gasteiger partial charge in [0.2, 0.25) is 0 Å². The molecule has 0 radical (unpaired) electrons. The summed E-state index contributed by atoms with van der Waals surface area (Å²) in [5, 5.41) is 0. The first-order chi connectivity index (χ1) is 11.2. The second kappa shape index (κ2) is 7.62. The minimum Gasteiger partial charge on any atom is -0.466 e. The van der Waals surface area contributed by atoms with Gasteiger partial charge < -0.3 is 4.74 Å². The molecule has 5 atom stereocenters. The Hall–Kier alpha value is -0.790. The van der Waals surface area contributed by atoms with Gasteiger partial charge in [-0.3, -0.25) is 4.79 Å². The molecule has 2 aliphatic carbocycles. The Morgan fingerprint density at radius 1 is 1.38 bits per heavy atom. The Kier molecular flexibility index (Phi) is 6.20. The first-order valence-electron chi connectivity index (χ1n) is 10.1. The Bertz CT molecular complexity index is 480. The van der Waals surface area contributed by atoms with Crippen LogP contribution >= 0.6 is 0 Å². The molecule has 2 rings (SSSR count). The van der Waals surface area contributed by atoms with Crippen molar-refractivity contribution in [2.24, 2.45) is 28.6 Å². The van der Waals surface area contributed by atoms with Crippen LogP contribution in [-0.4, -0.2) is 12.6 Å². The molecule has 2 nitrogen and oxygen atoms in total. The van der Waals surface area contributed by atoms with Crippen molar-refractivity contribution in [2.45, 2.75) is 86.5 Å². The van der Waals surface area contributed by atoms with E-state index in [1.807, 2.05) is 6.92 Å². The lowest BCUT2D eigenvalue weighted by Crippen LogP contribution is -2.49. The predicted molar refractivity (Wildman–Crippen MR) is 101 cm³/mol. The topological polar surface area (TPSA) is 26.3 Å². The van der Waals surface area contributed by atoms with E-state index in [4.69, 9.17) is 4.74 Å². The molecule has 2 heteroatoms. The Balaban J connectivity index is 2.06. The summed E-state index contributed by atoms with van der Waals surface area (Å²) in [5.74, 6) is 1.94. The van der Waals surface area contributed by atoms with Crippen molar-refractivity contribution in [3.63, 3.8) is 0 Å². The number of allylic oxidation sites excluding steroid dienone is 2. The van der Waals surface area contributed by atoms with Gasteiger partial charge in [0.25, 0.3) is 0 Å². The fraction of sp³-hybridized carbons (Fsp3) is 0.864. The van der Waals surface area contributed by atoms with Crippen molar-refractivity contribution in [3.8, 4) is 0 Å². The normalized spacial score (nSPS) is 37.3. The molecule has 0 amide bonds. The van der Waals surface area contributed by atoms with E-state index in [9.17, 15) is 4.79 Å². The number of hydrogen-bond donors (Lipinski definition) is 0. The van der Waals surface area contributed by atoms with E-state index in [0.29, 0.717) is 29.8 Å². The highest BCUT2D eigenvalue weighted by Crippen LogP contribution is 2.61. The predicted octanol–water partition coefficient (Wildman–Crippen LogP) is 6.15. The summed E-state index contributed by atoms with van der Waals surface area (Å²) in [6, 6.07) is 0. The molecule has 0 aliphatic heterocycles. The Morgan fingerprint density at radius 3 is 2.75 bits per heavy atom. The van der Waals surface area contributed by atoms with Crippen LogP contribution in [0.5, 0.6) is 0 Å². The van der Waals surface area contributed by atoms with Crippen molar-refractivity contribution in [1.29, 1.82) is 0 Å². The molecular formula is C22H38O2. The average molecular weight is 335 g/mol. The van der Waals surface area contributed by atoms with Gasteiger partial charge in [-0.05, 0) is 81.0 Å². The van der Waals surface area contributed by atoms with E-state index >= 15 is 0 Å². The van der Waals surface area contributed by atoms with Crippen molar-refractivity contribution >= 4 is 5.97 Å². The third kappa shape index (κ3) is 3.73. The van der Waals surface area contributed by atoms with E-state index in [2.05, 4.69) is 40.7 Å². The zero-order chi connectivity index (χ0) is 18.0. The molecule has 1 saturated carbocycles. The van der Waals surface area contributed by atoms with Gasteiger partial charge >= 0.3 is 5.97 Å². The van der Waals surface area contributed by atoms with Gasteiger partial charge in [-0.2, -0.15) is 0 Å². The summed E-state index contributed by atoms with van der Waals surface area (Å²) in [7, 11) is 0. The van der Waals surface area contributed by atoms with Crippen LogP contribution in [0, 0.1) is 28.6 Å². The van der Waals surface area contributed by atoms with Gasteiger partial charge in [0.15, 0.2) is 0 Å². The number of fused-ring (bicyclic) bond motifs is 1. The number of ether oxygens (including phenoxy) is 1. The number of carbonyl (C=O) groups excluding carboxylic acids is 1. The van der Waals surface area contributed by atoms with E-state index in [-0.39, 0.29) is 5.97 Å². The van der Waals surface area contributed by atoms with Crippen LogP contribution in [0.2, 0.25) is 0 Å². The minimum absolute atomic E-state index is 0.0341. The molecule has 0 saturated heterocycles. The monoisotopic (exact) mass is 334 g/mol. The third-order valence-corrected chi connectivity index (χ3v) is 7.59. The summed E-state index contributed by atoms with van der Waals surface area (Å²) in [6.07, 6.45) is 10.7. The second-order valence-corrected chi connectivity index (χ2v) is 9.03. The molecule has 0 spiro atoms. The van der Waals surface area contributed by atoms with Crippen LogP contribution in [0.25, 0.3) is 0 Å². The van der Waals surface area contributed by atoms with Gasteiger partial charge in [0.1, 0.15) is 0 Å². The lowest BCUT2D eigenvalue weighted by molar-refractivity contribution is -0.144. The third-order valence-electron chi connectivity index (χ3n) is 7.59. The van der Waals surface area contributed by atoms with Gasteiger partial charge in [0, 0.05) is 6.42 Å². The first kappa shape index (κ1) is 19.5. The van der Waals surface area contributed by atoms with E-state index in [1.165, 1.54) is 32.1 Å². The zero-order valence-corrected chi connectivity index (χ0v) is 16.8. The fourth-order valence-corrected chi connectivity index (χ4v) is 5.50. The molecule has 0 heterocycles. The van der Waals surface area contributed by atoms with E-state index in [1.54, 1.807) is 5.57 Å². The number of rotatable bonds is 6. The summed E-state index contributed by atoms with van der Waals surface area (Å²) in [5.41, 5.74) is 2.41. The van der Waals surface area contributed by atoms with Crippen LogP contribution in [0.1, 0.15) is 86.5 Å². The zero-order valence-electron chi connectivity index (χ0n) is 16.8. The quantitative estimate of drug-likeness (QED) is 0.430. The van der Waals surface area contributed by atoms with Crippen molar-refractivity contribution in [3.05, 3.63) is 11.6 Å². The molecule has 0 aromatic rings. The maximum absolute atomic E-state index is 11.7. The standard InChI is InChI=1S/C22H38O2/c1-7-24-20(23)15-16(2)11-13-21(5)18(4)12-14-22(6)17(3)9-8-10-19(21)22/h9,16,18-19H,7-8,10-15H2,1-6H3/t16?,18-,19-,21+,22+/m1/s1. The lowest BCUT2D eigenvalue weighted by Gasteiger charge is -2.58.